The first-order valence-corrected chi connectivity index (χ1v) is 5.53. The van der Waals surface area contributed by atoms with Gasteiger partial charge in [0.25, 0.3) is 0 Å². The minimum atomic E-state index is -4.46. The van der Waals surface area contributed by atoms with Crippen molar-refractivity contribution in [2.24, 2.45) is 0 Å². The van der Waals surface area contributed by atoms with Crippen LogP contribution in [0.3, 0.4) is 0 Å². The molecule has 112 valence electrons. The molecule has 0 aliphatic carbocycles. The first-order chi connectivity index (χ1) is 8.76. The molecule has 0 radical (unpaired) electrons. The maximum absolute atomic E-state index is 11.8. The van der Waals surface area contributed by atoms with E-state index in [1.807, 2.05) is 0 Å². The van der Waals surface area contributed by atoms with Gasteiger partial charge >= 0.3 is 6.18 Å². The van der Waals surface area contributed by atoms with Crippen LogP contribution in [0.15, 0.2) is 0 Å². The fourth-order valence-electron chi connectivity index (χ4n) is 1.06. The lowest BCUT2D eigenvalue weighted by molar-refractivity contribution is -0.141. The number of methoxy groups -OCH3 is 1. The molecule has 0 heterocycles. The number of nitrogens with zero attached hydrogens (tertiary/aromatic N) is 1. The standard InChI is InChI=1S/C10H18F3N3O3/c1-16(9(18)5-14-3-4-19-2)6-8(17)15-7-10(11,12)13/h14H,3-7H2,1-2H3,(H,15,17). The van der Waals surface area contributed by atoms with E-state index in [1.54, 1.807) is 5.32 Å². The van der Waals surface area contributed by atoms with Gasteiger partial charge in [-0.3, -0.25) is 9.59 Å². The van der Waals surface area contributed by atoms with Crippen LogP contribution < -0.4 is 10.6 Å². The zero-order valence-corrected chi connectivity index (χ0v) is 10.8. The number of halogens is 3. The fraction of sp³-hybridized carbons (Fsp3) is 0.800. The van der Waals surface area contributed by atoms with Gasteiger partial charge in [-0.1, -0.05) is 0 Å². The predicted molar refractivity (Wildman–Crippen MR) is 61.4 cm³/mol. The van der Waals surface area contributed by atoms with Crippen LogP contribution in [0.5, 0.6) is 0 Å². The molecule has 0 saturated carbocycles. The summed E-state index contributed by atoms with van der Waals surface area (Å²) in [6, 6.07) is 0. The van der Waals surface area contributed by atoms with Crippen molar-refractivity contribution in [3.63, 3.8) is 0 Å². The summed E-state index contributed by atoms with van der Waals surface area (Å²) in [5.74, 6) is -1.25. The fourth-order valence-corrected chi connectivity index (χ4v) is 1.06. The molecule has 0 aromatic heterocycles. The molecule has 0 aliphatic heterocycles. The molecule has 0 fully saturated rings. The Kier molecular flexibility index (Phi) is 8.08. The van der Waals surface area contributed by atoms with Gasteiger partial charge in [-0.2, -0.15) is 13.2 Å². The third-order valence-electron chi connectivity index (χ3n) is 2.05. The molecule has 0 spiro atoms. The highest BCUT2D eigenvalue weighted by molar-refractivity contribution is 5.85. The summed E-state index contributed by atoms with van der Waals surface area (Å²) in [5.41, 5.74) is 0. The van der Waals surface area contributed by atoms with E-state index in [1.165, 1.54) is 14.2 Å². The molecular formula is C10H18F3N3O3. The van der Waals surface area contributed by atoms with Gasteiger partial charge in [0.2, 0.25) is 11.8 Å². The van der Waals surface area contributed by atoms with Gasteiger partial charge in [-0.05, 0) is 0 Å². The molecule has 0 aromatic carbocycles. The molecular weight excluding hydrogens is 267 g/mol. The van der Waals surface area contributed by atoms with E-state index in [4.69, 9.17) is 4.74 Å². The van der Waals surface area contributed by atoms with Crippen LogP contribution in [-0.4, -0.2) is 69.8 Å². The Morgan fingerprint density at radius 3 is 2.47 bits per heavy atom. The second-order valence-corrected chi connectivity index (χ2v) is 3.81. The van der Waals surface area contributed by atoms with E-state index >= 15 is 0 Å². The molecule has 9 heteroatoms. The SMILES string of the molecule is COCCNCC(=O)N(C)CC(=O)NCC(F)(F)F. The molecule has 0 atom stereocenters. The van der Waals surface area contributed by atoms with E-state index in [9.17, 15) is 22.8 Å². The zero-order chi connectivity index (χ0) is 14.9. The molecule has 6 nitrogen and oxygen atoms in total. The Morgan fingerprint density at radius 1 is 1.32 bits per heavy atom. The smallest absolute Gasteiger partial charge is 0.383 e. The zero-order valence-electron chi connectivity index (χ0n) is 10.8. The van der Waals surface area contributed by atoms with E-state index < -0.39 is 31.1 Å². The van der Waals surface area contributed by atoms with Crippen molar-refractivity contribution in [3.05, 3.63) is 0 Å². The van der Waals surface area contributed by atoms with Crippen LogP contribution >= 0.6 is 0 Å². The highest BCUT2D eigenvalue weighted by atomic mass is 19.4. The number of likely N-dealkylation sites (N-methyl/N-ethyl adjacent to an activating group) is 1. The monoisotopic (exact) mass is 285 g/mol. The quantitative estimate of drug-likeness (QED) is 0.582. The van der Waals surface area contributed by atoms with Gasteiger partial charge in [0.1, 0.15) is 6.54 Å². The number of ether oxygens (including phenoxy) is 1. The van der Waals surface area contributed by atoms with Gasteiger partial charge in [-0.25, -0.2) is 0 Å². The van der Waals surface area contributed by atoms with Crippen LogP contribution in [-0.2, 0) is 14.3 Å². The summed E-state index contributed by atoms with van der Waals surface area (Å²) < 4.78 is 40.3. The normalized spacial score (nSPS) is 11.2. The van der Waals surface area contributed by atoms with Crippen LogP contribution in [0.4, 0.5) is 13.2 Å². The van der Waals surface area contributed by atoms with E-state index in [2.05, 4.69) is 5.32 Å². The van der Waals surface area contributed by atoms with Gasteiger partial charge in [0.05, 0.1) is 19.7 Å². The summed E-state index contributed by atoms with van der Waals surface area (Å²) >= 11 is 0. The van der Waals surface area contributed by atoms with Crippen molar-refractivity contribution < 1.29 is 27.5 Å². The molecule has 2 amide bonds. The summed E-state index contributed by atoms with van der Waals surface area (Å²) in [7, 11) is 2.86. The Labute approximate surface area is 109 Å². The maximum Gasteiger partial charge on any atom is 0.405 e. The average Bonchev–Trinajstić information content (AvgIpc) is 2.31. The molecule has 0 aliphatic rings. The number of carbonyl (C=O) groups is 2. The number of carbonyl (C=O) groups excluding carboxylic acids is 2. The third kappa shape index (κ3) is 10.3. The van der Waals surface area contributed by atoms with E-state index in [0.717, 1.165) is 4.90 Å². The Morgan fingerprint density at radius 2 is 1.95 bits per heavy atom. The van der Waals surface area contributed by atoms with Gasteiger partial charge < -0.3 is 20.3 Å². The maximum atomic E-state index is 11.8. The van der Waals surface area contributed by atoms with Crippen molar-refractivity contribution in [2.45, 2.75) is 6.18 Å². The minimum Gasteiger partial charge on any atom is -0.383 e. The molecule has 0 unspecified atom stereocenters. The van der Waals surface area contributed by atoms with Gasteiger partial charge in [-0.15, -0.1) is 0 Å². The third-order valence-corrected chi connectivity index (χ3v) is 2.05. The summed E-state index contributed by atoms with van der Waals surface area (Å²) in [6.07, 6.45) is -4.46. The first kappa shape index (κ1) is 17.6. The van der Waals surface area contributed by atoms with Crippen molar-refractivity contribution in [3.8, 4) is 0 Å². The average molecular weight is 285 g/mol. The lowest BCUT2D eigenvalue weighted by Gasteiger charge is -2.17. The second-order valence-electron chi connectivity index (χ2n) is 3.81. The molecule has 19 heavy (non-hydrogen) atoms. The summed E-state index contributed by atoms with van der Waals surface area (Å²) in [5, 5.41) is 4.46. The van der Waals surface area contributed by atoms with E-state index in [0.29, 0.717) is 13.2 Å². The Bertz CT molecular complexity index is 297. The van der Waals surface area contributed by atoms with Crippen LogP contribution in [0.2, 0.25) is 0 Å². The molecule has 0 saturated heterocycles. The lowest BCUT2D eigenvalue weighted by Crippen LogP contribution is -2.44. The van der Waals surface area contributed by atoms with Crippen molar-refractivity contribution >= 4 is 11.8 Å². The number of nitrogens with one attached hydrogen (secondary N) is 2. The molecule has 2 N–H and O–H groups in total. The van der Waals surface area contributed by atoms with Crippen molar-refractivity contribution in [1.82, 2.24) is 15.5 Å². The van der Waals surface area contributed by atoms with Gasteiger partial charge in [0.15, 0.2) is 0 Å². The topological polar surface area (TPSA) is 70.7 Å². The van der Waals surface area contributed by atoms with Crippen molar-refractivity contribution in [2.75, 3.05) is 46.9 Å². The summed E-state index contributed by atoms with van der Waals surface area (Å²) in [4.78, 5) is 23.6. The number of hydrogen-bond donors (Lipinski definition) is 2. The lowest BCUT2D eigenvalue weighted by atomic mass is 10.4. The Hall–Kier alpha value is -1.35. The highest BCUT2D eigenvalue weighted by Gasteiger charge is 2.27. The number of hydrogen-bond acceptors (Lipinski definition) is 4. The number of amides is 2. The Balaban J connectivity index is 3.85. The van der Waals surface area contributed by atoms with E-state index in [-0.39, 0.29) is 6.54 Å². The first-order valence-electron chi connectivity index (χ1n) is 5.53. The minimum absolute atomic E-state index is 0.00753. The van der Waals surface area contributed by atoms with Gasteiger partial charge in [0, 0.05) is 20.7 Å². The second kappa shape index (κ2) is 8.70. The largest absolute Gasteiger partial charge is 0.405 e. The number of alkyl halides is 3. The number of rotatable bonds is 8. The molecule has 0 aromatic rings. The van der Waals surface area contributed by atoms with Crippen LogP contribution in [0.25, 0.3) is 0 Å². The molecule has 0 rings (SSSR count). The summed E-state index contributed by atoms with van der Waals surface area (Å²) in [6.45, 7) is -0.924. The predicted octanol–water partition coefficient (Wildman–Crippen LogP) is -0.641. The molecule has 0 bridgehead atoms. The van der Waals surface area contributed by atoms with Crippen LogP contribution in [0.1, 0.15) is 0 Å². The van der Waals surface area contributed by atoms with Crippen LogP contribution in [0, 0.1) is 0 Å². The van der Waals surface area contributed by atoms with Crippen molar-refractivity contribution in [1.29, 1.82) is 0 Å². The highest BCUT2D eigenvalue weighted by Crippen LogP contribution is 2.11.